The Morgan fingerprint density at radius 3 is 2.40 bits per heavy atom. The molecule has 2 heterocycles. The maximum Gasteiger partial charge on any atom is 0.151 e. The van der Waals surface area contributed by atoms with Gasteiger partial charge in [-0.05, 0) is 13.5 Å². The minimum Gasteiger partial charge on any atom is -0.304 e. The van der Waals surface area contributed by atoms with Crippen LogP contribution in [-0.4, -0.2) is 69.1 Å². The fourth-order valence-electron chi connectivity index (χ4n) is 2.09. The Labute approximate surface area is 91.3 Å². The van der Waals surface area contributed by atoms with E-state index in [4.69, 9.17) is 0 Å². The number of sulfone groups is 1. The Kier molecular flexibility index (Phi) is 3.30. The van der Waals surface area contributed by atoms with Gasteiger partial charge in [-0.25, -0.2) is 13.4 Å². The van der Waals surface area contributed by atoms with E-state index in [0.717, 1.165) is 32.6 Å². The van der Waals surface area contributed by atoms with Crippen molar-refractivity contribution >= 4 is 9.84 Å². The zero-order chi connectivity index (χ0) is 10.9. The lowest BCUT2D eigenvalue weighted by Crippen LogP contribution is -2.54. The summed E-state index contributed by atoms with van der Waals surface area (Å²) in [6, 6.07) is 0.137. The molecule has 1 atom stereocenters. The first-order valence-corrected chi connectivity index (χ1v) is 7.27. The van der Waals surface area contributed by atoms with Crippen molar-refractivity contribution < 1.29 is 8.42 Å². The van der Waals surface area contributed by atoms with Crippen molar-refractivity contribution in [3.05, 3.63) is 0 Å². The molecule has 0 aromatic rings. The lowest BCUT2D eigenvalue weighted by atomic mass is 10.3. The van der Waals surface area contributed by atoms with E-state index in [9.17, 15) is 8.42 Å². The molecule has 5 nitrogen and oxygen atoms in total. The van der Waals surface area contributed by atoms with E-state index in [1.807, 2.05) is 0 Å². The summed E-state index contributed by atoms with van der Waals surface area (Å²) in [7, 11) is -0.648. The van der Waals surface area contributed by atoms with Crippen molar-refractivity contribution in [1.29, 1.82) is 0 Å². The highest BCUT2D eigenvalue weighted by atomic mass is 32.2. The molecule has 15 heavy (non-hydrogen) atoms. The molecule has 0 spiro atoms. The Morgan fingerprint density at radius 2 is 1.87 bits per heavy atom. The minimum atomic E-state index is -2.76. The molecular formula is C9H19N3O2S. The molecule has 0 aliphatic carbocycles. The Balaban J connectivity index is 1.78. The fourth-order valence-corrected chi connectivity index (χ4v) is 3.76. The van der Waals surface area contributed by atoms with Crippen molar-refractivity contribution in [1.82, 2.24) is 15.3 Å². The van der Waals surface area contributed by atoms with Crippen LogP contribution in [0.3, 0.4) is 0 Å². The number of rotatable bonds is 2. The predicted octanol–water partition coefficient (Wildman–Crippen LogP) is -1.07. The number of hydrazine groups is 1. The monoisotopic (exact) mass is 233 g/mol. The van der Waals surface area contributed by atoms with Gasteiger partial charge in [0.05, 0.1) is 11.5 Å². The normalized spacial score (nSPS) is 33.3. The molecule has 0 saturated carbocycles. The highest BCUT2D eigenvalue weighted by Crippen LogP contribution is 2.12. The second-order valence-electron chi connectivity index (χ2n) is 4.52. The van der Waals surface area contributed by atoms with E-state index in [0.29, 0.717) is 11.5 Å². The predicted molar refractivity (Wildman–Crippen MR) is 59.3 cm³/mol. The van der Waals surface area contributed by atoms with Crippen LogP contribution in [0.4, 0.5) is 0 Å². The summed E-state index contributed by atoms with van der Waals surface area (Å²) in [6.07, 6.45) is 0.759. The van der Waals surface area contributed by atoms with Gasteiger partial charge in [-0.15, -0.1) is 0 Å². The highest BCUT2D eigenvalue weighted by Gasteiger charge is 2.29. The molecule has 2 aliphatic heterocycles. The van der Waals surface area contributed by atoms with E-state index < -0.39 is 9.84 Å². The Bertz CT molecular complexity index is 309. The summed E-state index contributed by atoms with van der Waals surface area (Å²) < 4.78 is 22.5. The van der Waals surface area contributed by atoms with Crippen molar-refractivity contribution in [2.75, 3.05) is 44.7 Å². The lowest BCUT2D eigenvalue weighted by Gasteiger charge is -2.34. The van der Waals surface area contributed by atoms with E-state index in [1.54, 1.807) is 0 Å². The smallest absolute Gasteiger partial charge is 0.151 e. The fraction of sp³-hybridized carbons (Fsp3) is 1.00. The van der Waals surface area contributed by atoms with E-state index in [1.165, 1.54) is 0 Å². The Morgan fingerprint density at radius 1 is 1.20 bits per heavy atom. The number of likely N-dealkylation sites (N-methyl/N-ethyl adjacent to an activating group) is 1. The largest absolute Gasteiger partial charge is 0.304 e. The van der Waals surface area contributed by atoms with Gasteiger partial charge in [-0.2, -0.15) is 0 Å². The maximum atomic E-state index is 11.3. The zero-order valence-corrected chi connectivity index (χ0v) is 9.96. The van der Waals surface area contributed by atoms with Gasteiger partial charge in [-0.1, -0.05) is 0 Å². The third kappa shape index (κ3) is 3.14. The molecule has 0 amide bonds. The third-order valence-electron chi connectivity index (χ3n) is 3.10. The van der Waals surface area contributed by atoms with Gasteiger partial charge >= 0.3 is 0 Å². The molecule has 88 valence electrons. The van der Waals surface area contributed by atoms with Gasteiger partial charge in [0.15, 0.2) is 9.84 Å². The van der Waals surface area contributed by atoms with Crippen molar-refractivity contribution in [3.8, 4) is 0 Å². The van der Waals surface area contributed by atoms with Crippen LogP contribution in [0.25, 0.3) is 0 Å². The van der Waals surface area contributed by atoms with Gasteiger partial charge < -0.3 is 4.90 Å². The van der Waals surface area contributed by atoms with Gasteiger partial charge in [0, 0.05) is 32.2 Å². The molecule has 0 bridgehead atoms. The zero-order valence-electron chi connectivity index (χ0n) is 9.15. The average molecular weight is 233 g/mol. The molecular weight excluding hydrogens is 214 g/mol. The van der Waals surface area contributed by atoms with Crippen LogP contribution in [0.2, 0.25) is 0 Å². The van der Waals surface area contributed by atoms with Gasteiger partial charge in [-0.3, -0.25) is 5.43 Å². The molecule has 6 heteroatoms. The first-order chi connectivity index (χ1) is 7.05. The summed E-state index contributed by atoms with van der Waals surface area (Å²) in [4.78, 5) is 2.28. The summed E-state index contributed by atoms with van der Waals surface area (Å²) in [6.45, 7) is 4.05. The van der Waals surface area contributed by atoms with Crippen LogP contribution in [-0.2, 0) is 9.84 Å². The van der Waals surface area contributed by atoms with Gasteiger partial charge in [0.25, 0.3) is 0 Å². The lowest BCUT2D eigenvalue weighted by molar-refractivity contribution is 0.0910. The van der Waals surface area contributed by atoms with Crippen LogP contribution in [0.1, 0.15) is 6.42 Å². The van der Waals surface area contributed by atoms with Gasteiger partial charge in [0.1, 0.15) is 0 Å². The van der Waals surface area contributed by atoms with Crippen molar-refractivity contribution in [2.24, 2.45) is 0 Å². The molecule has 1 unspecified atom stereocenters. The van der Waals surface area contributed by atoms with E-state index >= 15 is 0 Å². The summed E-state index contributed by atoms with van der Waals surface area (Å²) in [5, 5.41) is 2.16. The van der Waals surface area contributed by atoms with E-state index in [2.05, 4.69) is 22.4 Å². The molecule has 2 aliphatic rings. The molecule has 2 fully saturated rings. The number of nitrogens with zero attached hydrogens (tertiary/aromatic N) is 2. The second kappa shape index (κ2) is 4.37. The standard InChI is InChI=1S/C9H19N3O2S/c1-11-3-5-12(6-4-11)10-9-2-7-15(13,14)8-9/h9-10H,2-8H2,1H3. The van der Waals surface area contributed by atoms with Crippen LogP contribution >= 0.6 is 0 Å². The first-order valence-electron chi connectivity index (χ1n) is 5.45. The first kappa shape index (κ1) is 11.3. The summed E-state index contributed by atoms with van der Waals surface area (Å²) >= 11 is 0. The maximum absolute atomic E-state index is 11.3. The van der Waals surface area contributed by atoms with Crippen molar-refractivity contribution in [3.63, 3.8) is 0 Å². The van der Waals surface area contributed by atoms with Gasteiger partial charge in [0.2, 0.25) is 0 Å². The second-order valence-corrected chi connectivity index (χ2v) is 6.75. The Hall–Kier alpha value is -0.170. The molecule has 0 aromatic carbocycles. The highest BCUT2D eigenvalue weighted by molar-refractivity contribution is 7.91. The number of hydrogen-bond donors (Lipinski definition) is 1. The van der Waals surface area contributed by atoms with E-state index in [-0.39, 0.29) is 6.04 Å². The van der Waals surface area contributed by atoms with Crippen LogP contribution in [0.15, 0.2) is 0 Å². The number of piperazine rings is 1. The summed E-state index contributed by atoms with van der Waals surface area (Å²) in [5.74, 6) is 0.651. The van der Waals surface area contributed by atoms with Crippen LogP contribution in [0.5, 0.6) is 0 Å². The van der Waals surface area contributed by atoms with Crippen molar-refractivity contribution in [2.45, 2.75) is 12.5 Å². The molecule has 0 aromatic heterocycles. The number of hydrogen-bond acceptors (Lipinski definition) is 5. The van der Waals surface area contributed by atoms with Crippen LogP contribution in [0, 0.1) is 0 Å². The average Bonchev–Trinajstić information content (AvgIpc) is 2.50. The van der Waals surface area contributed by atoms with Crippen LogP contribution < -0.4 is 5.43 Å². The molecule has 0 radical (unpaired) electrons. The minimum absolute atomic E-state index is 0.137. The molecule has 2 rings (SSSR count). The molecule has 2 saturated heterocycles. The quantitative estimate of drug-likeness (QED) is 0.658. The third-order valence-corrected chi connectivity index (χ3v) is 4.87. The summed E-state index contributed by atoms with van der Waals surface area (Å²) in [5.41, 5.74) is 3.32. The topological polar surface area (TPSA) is 52.6 Å². The SMILES string of the molecule is CN1CCN(NC2CCS(=O)(=O)C2)CC1. The molecule has 1 N–H and O–H groups in total. The number of nitrogens with one attached hydrogen (secondary N) is 1.